The molecular formula is C13H29NO. The van der Waals surface area contributed by atoms with E-state index >= 15 is 0 Å². The molecule has 92 valence electrons. The maximum Gasteiger partial charge on any atom is 0.0657 e. The van der Waals surface area contributed by atoms with Crippen LogP contribution in [0.1, 0.15) is 53.9 Å². The van der Waals surface area contributed by atoms with E-state index in [2.05, 4.69) is 18.9 Å². The summed E-state index contributed by atoms with van der Waals surface area (Å²) in [7, 11) is 2.15. The molecule has 1 heterocycles. The molecule has 0 unspecified atom stereocenters. The van der Waals surface area contributed by atoms with Crippen LogP contribution in [-0.4, -0.2) is 35.7 Å². The zero-order valence-corrected chi connectivity index (χ0v) is 11.4. The van der Waals surface area contributed by atoms with Crippen molar-refractivity contribution in [3.8, 4) is 0 Å². The lowest BCUT2D eigenvalue weighted by Crippen LogP contribution is -2.66. The number of aliphatic hydroxyl groups is 1. The van der Waals surface area contributed by atoms with Crippen LogP contribution in [0.15, 0.2) is 0 Å². The van der Waals surface area contributed by atoms with Gasteiger partial charge < -0.3 is 10.0 Å². The maximum atomic E-state index is 9.79. The van der Waals surface area contributed by atoms with E-state index < -0.39 is 0 Å². The molecular weight excluding hydrogens is 186 g/mol. The molecule has 0 atom stereocenters. The standard InChI is InChI=1S/C9H17NO.2C2H6/c1-3-9(11)4-8(5-9)6-10(2)7-8;2*1-2/h11H,3-7H2,1-2H3;2*1-2H3. The van der Waals surface area contributed by atoms with Gasteiger partial charge >= 0.3 is 0 Å². The van der Waals surface area contributed by atoms with E-state index in [0.29, 0.717) is 5.41 Å². The average molecular weight is 215 g/mol. The topological polar surface area (TPSA) is 23.5 Å². The molecule has 2 rings (SSSR count). The Kier molecular flexibility index (Phi) is 5.82. The van der Waals surface area contributed by atoms with Crippen molar-refractivity contribution in [1.29, 1.82) is 0 Å². The highest BCUT2D eigenvalue weighted by Crippen LogP contribution is 2.54. The van der Waals surface area contributed by atoms with Gasteiger partial charge in [0, 0.05) is 18.5 Å². The van der Waals surface area contributed by atoms with Crippen molar-refractivity contribution in [2.24, 2.45) is 5.41 Å². The van der Waals surface area contributed by atoms with Gasteiger partial charge in [0.15, 0.2) is 0 Å². The molecule has 1 aliphatic heterocycles. The molecule has 1 N–H and O–H groups in total. The fourth-order valence-corrected chi connectivity index (χ4v) is 2.92. The Bertz CT molecular complexity index is 165. The third-order valence-corrected chi connectivity index (χ3v) is 3.28. The predicted molar refractivity (Wildman–Crippen MR) is 67.1 cm³/mol. The summed E-state index contributed by atoms with van der Waals surface area (Å²) in [6, 6.07) is 0. The first-order valence-electron chi connectivity index (χ1n) is 6.49. The van der Waals surface area contributed by atoms with Crippen molar-refractivity contribution in [1.82, 2.24) is 4.90 Å². The third-order valence-electron chi connectivity index (χ3n) is 3.28. The van der Waals surface area contributed by atoms with Crippen LogP contribution < -0.4 is 0 Å². The zero-order chi connectivity index (χ0) is 12.1. The van der Waals surface area contributed by atoms with E-state index in [0.717, 1.165) is 19.3 Å². The lowest BCUT2D eigenvalue weighted by molar-refractivity contribution is -0.185. The van der Waals surface area contributed by atoms with Crippen molar-refractivity contribution < 1.29 is 5.11 Å². The quantitative estimate of drug-likeness (QED) is 0.727. The minimum Gasteiger partial charge on any atom is -0.390 e. The Morgan fingerprint density at radius 3 is 1.73 bits per heavy atom. The van der Waals surface area contributed by atoms with E-state index in [1.165, 1.54) is 13.1 Å². The normalized spacial score (nSPS) is 25.0. The fraction of sp³-hybridized carbons (Fsp3) is 1.00. The van der Waals surface area contributed by atoms with E-state index in [1.54, 1.807) is 0 Å². The van der Waals surface area contributed by atoms with Crippen LogP contribution in [0.25, 0.3) is 0 Å². The van der Waals surface area contributed by atoms with Crippen LogP contribution in [0.3, 0.4) is 0 Å². The Hall–Kier alpha value is -0.0800. The van der Waals surface area contributed by atoms with Gasteiger partial charge in [-0.3, -0.25) is 0 Å². The van der Waals surface area contributed by atoms with Crippen molar-refractivity contribution in [2.75, 3.05) is 20.1 Å². The summed E-state index contributed by atoms with van der Waals surface area (Å²) in [6.45, 7) is 12.5. The van der Waals surface area contributed by atoms with Gasteiger partial charge in [-0.25, -0.2) is 0 Å². The van der Waals surface area contributed by atoms with Gasteiger partial charge in [0.1, 0.15) is 0 Å². The Morgan fingerprint density at radius 1 is 1.07 bits per heavy atom. The van der Waals surface area contributed by atoms with E-state index in [-0.39, 0.29) is 5.60 Å². The highest BCUT2D eigenvalue weighted by Gasteiger charge is 2.57. The minimum atomic E-state index is -0.290. The van der Waals surface area contributed by atoms with E-state index in [1.807, 2.05) is 27.7 Å². The molecule has 0 aromatic heterocycles. The van der Waals surface area contributed by atoms with Crippen LogP contribution in [-0.2, 0) is 0 Å². The van der Waals surface area contributed by atoms with Crippen molar-refractivity contribution in [3.05, 3.63) is 0 Å². The second-order valence-corrected chi connectivity index (χ2v) is 4.60. The van der Waals surface area contributed by atoms with Gasteiger partial charge in [-0.05, 0) is 26.3 Å². The molecule has 2 heteroatoms. The Balaban J connectivity index is 0.000000442. The number of hydrogen-bond acceptors (Lipinski definition) is 2. The molecule has 15 heavy (non-hydrogen) atoms. The SMILES string of the molecule is CC.CC.CCC1(O)CC2(CN(C)C2)C1. The van der Waals surface area contributed by atoms with Gasteiger partial charge in [-0.15, -0.1) is 0 Å². The zero-order valence-electron chi connectivity index (χ0n) is 11.4. The number of likely N-dealkylation sites (tertiary alicyclic amines) is 1. The van der Waals surface area contributed by atoms with Gasteiger partial charge in [-0.1, -0.05) is 34.6 Å². The molecule has 0 amide bonds. The van der Waals surface area contributed by atoms with Crippen LogP contribution in [0.4, 0.5) is 0 Å². The summed E-state index contributed by atoms with van der Waals surface area (Å²) >= 11 is 0. The molecule has 2 fully saturated rings. The molecule has 0 aromatic carbocycles. The number of rotatable bonds is 1. The first kappa shape index (κ1) is 14.9. The number of hydrogen-bond donors (Lipinski definition) is 1. The van der Waals surface area contributed by atoms with Gasteiger partial charge in [0.2, 0.25) is 0 Å². The van der Waals surface area contributed by atoms with Gasteiger partial charge in [-0.2, -0.15) is 0 Å². The molecule has 1 aliphatic carbocycles. The summed E-state index contributed by atoms with van der Waals surface area (Å²) in [4.78, 5) is 2.33. The van der Waals surface area contributed by atoms with Crippen LogP contribution in [0.5, 0.6) is 0 Å². The first-order chi connectivity index (χ1) is 7.08. The highest BCUT2D eigenvalue weighted by atomic mass is 16.3. The van der Waals surface area contributed by atoms with E-state index in [4.69, 9.17) is 0 Å². The molecule has 0 aromatic rings. The Morgan fingerprint density at radius 2 is 1.47 bits per heavy atom. The maximum absolute atomic E-state index is 9.79. The van der Waals surface area contributed by atoms with Gasteiger partial charge in [0.25, 0.3) is 0 Å². The lowest BCUT2D eigenvalue weighted by atomic mass is 9.54. The average Bonchev–Trinajstić information content (AvgIpc) is 2.19. The molecule has 2 aliphatic rings. The third kappa shape index (κ3) is 3.18. The molecule has 1 saturated heterocycles. The smallest absolute Gasteiger partial charge is 0.0657 e. The van der Waals surface area contributed by atoms with Gasteiger partial charge in [0.05, 0.1) is 5.60 Å². The van der Waals surface area contributed by atoms with Crippen molar-refractivity contribution >= 4 is 0 Å². The van der Waals surface area contributed by atoms with Crippen LogP contribution in [0, 0.1) is 5.41 Å². The molecule has 2 nitrogen and oxygen atoms in total. The Labute approximate surface area is 95.7 Å². The highest BCUT2D eigenvalue weighted by molar-refractivity contribution is 5.10. The minimum absolute atomic E-state index is 0.290. The molecule has 1 saturated carbocycles. The monoisotopic (exact) mass is 215 g/mol. The fourth-order valence-electron chi connectivity index (χ4n) is 2.92. The summed E-state index contributed by atoms with van der Waals surface area (Å²) in [5.74, 6) is 0. The summed E-state index contributed by atoms with van der Waals surface area (Å²) in [5.41, 5.74) is 0.237. The van der Waals surface area contributed by atoms with Crippen LogP contribution >= 0.6 is 0 Å². The summed E-state index contributed by atoms with van der Waals surface area (Å²) in [5, 5.41) is 9.79. The van der Waals surface area contributed by atoms with Crippen molar-refractivity contribution in [3.63, 3.8) is 0 Å². The summed E-state index contributed by atoms with van der Waals surface area (Å²) < 4.78 is 0. The molecule has 0 bridgehead atoms. The largest absolute Gasteiger partial charge is 0.390 e. The predicted octanol–water partition coefficient (Wildman–Crippen LogP) is 2.91. The van der Waals surface area contributed by atoms with Crippen molar-refractivity contribution in [2.45, 2.75) is 59.5 Å². The second-order valence-electron chi connectivity index (χ2n) is 4.60. The molecule has 0 radical (unpaired) electrons. The second kappa shape index (κ2) is 5.86. The first-order valence-corrected chi connectivity index (χ1v) is 6.49. The lowest BCUT2D eigenvalue weighted by Gasteiger charge is -2.61. The summed E-state index contributed by atoms with van der Waals surface area (Å²) in [6.07, 6.45) is 3.01. The van der Waals surface area contributed by atoms with E-state index in [9.17, 15) is 5.11 Å². The molecule has 1 spiro atoms. The van der Waals surface area contributed by atoms with Crippen LogP contribution in [0.2, 0.25) is 0 Å². The number of nitrogens with zero attached hydrogens (tertiary/aromatic N) is 1.